The second-order valence-corrected chi connectivity index (χ2v) is 5.41. The van der Waals surface area contributed by atoms with Gasteiger partial charge in [0.15, 0.2) is 5.78 Å². The van der Waals surface area contributed by atoms with Gasteiger partial charge in [-0.05, 0) is 30.0 Å². The van der Waals surface area contributed by atoms with E-state index in [2.05, 4.69) is 29.4 Å². The van der Waals surface area contributed by atoms with Gasteiger partial charge in [0.1, 0.15) is 0 Å². The Hall–Kier alpha value is -1.84. The van der Waals surface area contributed by atoms with Crippen molar-refractivity contribution in [2.24, 2.45) is 0 Å². The zero-order valence-corrected chi connectivity index (χ0v) is 11.1. The van der Waals surface area contributed by atoms with E-state index in [0.29, 0.717) is 0 Å². The van der Waals surface area contributed by atoms with Crippen LogP contribution >= 0.6 is 0 Å². The number of Topliss-reactive ketones (excluding diaryl/α,β-unsaturated/α-hetero) is 1. The predicted molar refractivity (Wildman–Crippen MR) is 73.4 cm³/mol. The summed E-state index contributed by atoms with van der Waals surface area (Å²) in [6, 6.07) is 6.21. The Bertz CT molecular complexity index is 539. The molecule has 1 aromatic carbocycles. The van der Waals surface area contributed by atoms with Gasteiger partial charge < -0.3 is 10.2 Å². The standard InChI is InChI=1S/C15H18N2O2/c1-17-6-2-3-11-7-10(4-5-13(11)17)12-8-15(19)16-9-14(12)18/h4-5,7,12H,2-3,6,8-9H2,1H3,(H,16,19). The summed E-state index contributed by atoms with van der Waals surface area (Å²) in [7, 11) is 2.09. The van der Waals surface area contributed by atoms with Gasteiger partial charge in [0, 0.05) is 25.7 Å². The Kier molecular flexibility index (Phi) is 3.01. The van der Waals surface area contributed by atoms with Gasteiger partial charge in [-0.15, -0.1) is 0 Å². The number of ketones is 1. The third-order valence-corrected chi connectivity index (χ3v) is 4.09. The molecular formula is C15H18N2O2. The highest BCUT2D eigenvalue weighted by Crippen LogP contribution is 2.31. The number of hydrogen-bond donors (Lipinski definition) is 1. The van der Waals surface area contributed by atoms with Gasteiger partial charge in [-0.3, -0.25) is 9.59 Å². The highest BCUT2D eigenvalue weighted by atomic mass is 16.2. The van der Waals surface area contributed by atoms with Crippen molar-refractivity contribution in [3.8, 4) is 0 Å². The highest BCUT2D eigenvalue weighted by Gasteiger charge is 2.29. The Labute approximate surface area is 112 Å². The summed E-state index contributed by atoms with van der Waals surface area (Å²) in [5.74, 6) is -0.172. The third-order valence-electron chi connectivity index (χ3n) is 4.09. The van der Waals surface area contributed by atoms with Crippen molar-refractivity contribution >= 4 is 17.4 Å². The summed E-state index contributed by atoms with van der Waals surface area (Å²) >= 11 is 0. The predicted octanol–water partition coefficient (Wildman–Crippen LogP) is 1.24. The Morgan fingerprint density at radius 2 is 2.16 bits per heavy atom. The zero-order chi connectivity index (χ0) is 13.4. The highest BCUT2D eigenvalue weighted by molar-refractivity contribution is 5.98. The average molecular weight is 258 g/mol. The number of hydrogen-bond acceptors (Lipinski definition) is 3. The number of carbonyl (C=O) groups excluding carboxylic acids is 2. The normalized spacial score (nSPS) is 23.0. The van der Waals surface area contributed by atoms with Crippen LogP contribution in [0, 0.1) is 0 Å². The molecule has 0 radical (unpaired) electrons. The molecule has 2 aliphatic heterocycles. The molecule has 3 rings (SSSR count). The van der Waals surface area contributed by atoms with Crippen molar-refractivity contribution in [2.75, 3.05) is 25.0 Å². The molecule has 1 N–H and O–H groups in total. The molecule has 1 aromatic rings. The molecule has 4 heteroatoms. The zero-order valence-electron chi connectivity index (χ0n) is 11.1. The summed E-state index contributed by atoms with van der Waals surface area (Å²) in [5, 5.41) is 2.60. The molecular weight excluding hydrogens is 240 g/mol. The van der Waals surface area contributed by atoms with Gasteiger partial charge in [-0.25, -0.2) is 0 Å². The van der Waals surface area contributed by atoms with Crippen LogP contribution in [0.5, 0.6) is 0 Å². The van der Waals surface area contributed by atoms with E-state index in [1.54, 1.807) is 0 Å². The van der Waals surface area contributed by atoms with Crippen LogP contribution in [0.4, 0.5) is 5.69 Å². The minimum absolute atomic E-state index is 0.0283. The molecule has 19 heavy (non-hydrogen) atoms. The average Bonchev–Trinajstić information content (AvgIpc) is 2.41. The first-order chi connectivity index (χ1) is 9.15. The quantitative estimate of drug-likeness (QED) is 0.824. The van der Waals surface area contributed by atoms with Gasteiger partial charge in [-0.1, -0.05) is 12.1 Å². The van der Waals surface area contributed by atoms with Gasteiger partial charge in [0.05, 0.1) is 12.5 Å². The largest absolute Gasteiger partial charge is 0.374 e. The molecule has 0 saturated carbocycles. The van der Waals surface area contributed by atoms with Crippen molar-refractivity contribution in [1.82, 2.24) is 5.32 Å². The maximum atomic E-state index is 11.9. The van der Waals surface area contributed by atoms with Crippen LogP contribution in [0.3, 0.4) is 0 Å². The van der Waals surface area contributed by atoms with Crippen LogP contribution in [-0.2, 0) is 16.0 Å². The molecule has 0 aromatic heterocycles. The number of nitrogens with one attached hydrogen (secondary N) is 1. The molecule has 0 bridgehead atoms. The van der Waals surface area contributed by atoms with Crippen LogP contribution in [-0.4, -0.2) is 31.8 Å². The molecule has 100 valence electrons. The molecule has 1 unspecified atom stereocenters. The van der Waals surface area contributed by atoms with Crippen LogP contribution in [0.25, 0.3) is 0 Å². The summed E-state index contributed by atoms with van der Waals surface area (Å²) in [5.41, 5.74) is 3.54. The van der Waals surface area contributed by atoms with Crippen LogP contribution in [0.15, 0.2) is 18.2 Å². The number of piperidine rings is 1. The van der Waals surface area contributed by atoms with Gasteiger partial charge in [-0.2, -0.15) is 0 Å². The third kappa shape index (κ3) is 2.23. The van der Waals surface area contributed by atoms with E-state index < -0.39 is 0 Å². The first-order valence-electron chi connectivity index (χ1n) is 6.78. The molecule has 2 aliphatic rings. The summed E-state index contributed by atoms with van der Waals surface area (Å²) in [4.78, 5) is 25.7. The number of carbonyl (C=O) groups is 2. The van der Waals surface area contributed by atoms with E-state index in [4.69, 9.17) is 0 Å². The molecule has 4 nitrogen and oxygen atoms in total. The lowest BCUT2D eigenvalue weighted by molar-refractivity contribution is -0.131. The van der Waals surface area contributed by atoms with Crippen molar-refractivity contribution in [3.05, 3.63) is 29.3 Å². The second kappa shape index (κ2) is 4.68. The maximum Gasteiger partial charge on any atom is 0.221 e. The van der Waals surface area contributed by atoms with Gasteiger partial charge in [0.25, 0.3) is 0 Å². The first-order valence-corrected chi connectivity index (χ1v) is 6.78. The molecule has 1 fully saturated rings. The summed E-state index contributed by atoms with van der Waals surface area (Å²) in [6.45, 7) is 1.25. The molecule has 1 saturated heterocycles. The summed E-state index contributed by atoms with van der Waals surface area (Å²) < 4.78 is 0. The number of benzene rings is 1. The lowest BCUT2D eigenvalue weighted by atomic mass is 9.86. The van der Waals surface area contributed by atoms with Crippen molar-refractivity contribution < 1.29 is 9.59 Å². The SMILES string of the molecule is CN1CCCc2cc(C3CC(=O)NCC3=O)ccc21. The maximum absolute atomic E-state index is 11.9. The number of rotatable bonds is 1. The van der Waals surface area contributed by atoms with Gasteiger partial charge in [0.2, 0.25) is 5.91 Å². The molecule has 0 aliphatic carbocycles. The molecule has 1 atom stereocenters. The summed E-state index contributed by atoms with van der Waals surface area (Å²) in [6.07, 6.45) is 2.49. The fraction of sp³-hybridized carbons (Fsp3) is 0.467. The minimum Gasteiger partial charge on any atom is -0.374 e. The second-order valence-electron chi connectivity index (χ2n) is 5.41. The van der Waals surface area contributed by atoms with Crippen LogP contribution < -0.4 is 10.2 Å². The fourth-order valence-corrected chi connectivity index (χ4v) is 3.01. The smallest absolute Gasteiger partial charge is 0.221 e. The molecule has 1 amide bonds. The Morgan fingerprint density at radius 1 is 1.32 bits per heavy atom. The van der Waals surface area contributed by atoms with Crippen molar-refractivity contribution in [2.45, 2.75) is 25.2 Å². The van der Waals surface area contributed by atoms with E-state index in [0.717, 1.165) is 24.9 Å². The lowest BCUT2D eigenvalue weighted by Gasteiger charge is -2.29. The van der Waals surface area contributed by atoms with E-state index in [1.165, 1.54) is 11.3 Å². The number of anilines is 1. The van der Waals surface area contributed by atoms with Crippen molar-refractivity contribution in [3.63, 3.8) is 0 Å². The van der Waals surface area contributed by atoms with Crippen LogP contribution in [0.2, 0.25) is 0 Å². The first kappa shape index (κ1) is 12.2. The monoisotopic (exact) mass is 258 g/mol. The Morgan fingerprint density at radius 3 is 3.00 bits per heavy atom. The van der Waals surface area contributed by atoms with E-state index in [9.17, 15) is 9.59 Å². The fourth-order valence-electron chi connectivity index (χ4n) is 3.01. The topological polar surface area (TPSA) is 49.4 Å². The van der Waals surface area contributed by atoms with E-state index in [1.807, 2.05) is 6.07 Å². The number of fused-ring (bicyclic) bond motifs is 1. The van der Waals surface area contributed by atoms with E-state index in [-0.39, 0.29) is 30.6 Å². The van der Waals surface area contributed by atoms with Crippen LogP contribution in [0.1, 0.15) is 29.9 Å². The molecule has 0 spiro atoms. The Balaban J connectivity index is 1.93. The number of aryl methyl sites for hydroxylation is 1. The lowest BCUT2D eigenvalue weighted by Crippen LogP contribution is -2.40. The van der Waals surface area contributed by atoms with Gasteiger partial charge >= 0.3 is 0 Å². The van der Waals surface area contributed by atoms with Crippen molar-refractivity contribution in [1.29, 1.82) is 0 Å². The van der Waals surface area contributed by atoms with E-state index >= 15 is 0 Å². The number of amides is 1. The minimum atomic E-state index is -0.258. The number of nitrogens with zero attached hydrogens (tertiary/aromatic N) is 1. The molecule has 2 heterocycles.